The molecule has 1 unspecified atom stereocenters. The van der Waals surface area contributed by atoms with Gasteiger partial charge in [-0.2, -0.15) is 15.0 Å². The van der Waals surface area contributed by atoms with Gasteiger partial charge in [-0.1, -0.05) is 32.5 Å². The van der Waals surface area contributed by atoms with Crippen molar-refractivity contribution in [2.75, 3.05) is 12.4 Å². The molecular formula is C9H15ClN4S. The molecule has 1 atom stereocenters. The Labute approximate surface area is 99.3 Å². The van der Waals surface area contributed by atoms with Gasteiger partial charge in [0.2, 0.25) is 11.2 Å². The van der Waals surface area contributed by atoms with Crippen LogP contribution < -0.4 is 5.32 Å². The van der Waals surface area contributed by atoms with Crippen LogP contribution in [0.25, 0.3) is 0 Å². The van der Waals surface area contributed by atoms with Crippen LogP contribution in [0.3, 0.4) is 0 Å². The van der Waals surface area contributed by atoms with Crippen molar-refractivity contribution in [1.29, 1.82) is 0 Å². The van der Waals surface area contributed by atoms with Crippen molar-refractivity contribution in [1.82, 2.24) is 15.0 Å². The Kier molecular flexibility index (Phi) is 4.60. The standard InChI is InChI=1S/C9H15ClN4S/c1-5(2)6(3)15-9-13-7(10)12-8(11-4)14-9/h5-6H,1-4H3,(H,11,12,13,14). The first kappa shape index (κ1) is 12.5. The van der Waals surface area contributed by atoms with Crippen molar-refractivity contribution in [3.8, 4) is 0 Å². The molecule has 0 bridgehead atoms. The molecular weight excluding hydrogens is 232 g/mol. The summed E-state index contributed by atoms with van der Waals surface area (Å²) in [5.74, 6) is 1.08. The van der Waals surface area contributed by atoms with E-state index in [4.69, 9.17) is 11.6 Å². The van der Waals surface area contributed by atoms with E-state index in [1.807, 2.05) is 0 Å². The highest BCUT2D eigenvalue weighted by molar-refractivity contribution is 7.99. The third kappa shape index (κ3) is 3.83. The van der Waals surface area contributed by atoms with Gasteiger partial charge in [0.05, 0.1) is 0 Å². The maximum atomic E-state index is 5.78. The van der Waals surface area contributed by atoms with Gasteiger partial charge in [-0.05, 0) is 17.5 Å². The van der Waals surface area contributed by atoms with Crippen molar-refractivity contribution in [3.05, 3.63) is 5.28 Å². The zero-order chi connectivity index (χ0) is 11.4. The maximum Gasteiger partial charge on any atom is 0.228 e. The van der Waals surface area contributed by atoms with Crippen molar-refractivity contribution < 1.29 is 0 Å². The van der Waals surface area contributed by atoms with E-state index < -0.39 is 0 Å². The van der Waals surface area contributed by atoms with E-state index in [0.29, 0.717) is 22.3 Å². The lowest BCUT2D eigenvalue weighted by molar-refractivity contribution is 0.640. The Morgan fingerprint density at radius 1 is 1.20 bits per heavy atom. The normalized spacial score (nSPS) is 12.9. The molecule has 15 heavy (non-hydrogen) atoms. The lowest BCUT2D eigenvalue weighted by atomic mass is 10.2. The highest BCUT2D eigenvalue weighted by atomic mass is 35.5. The van der Waals surface area contributed by atoms with Gasteiger partial charge in [0.15, 0.2) is 5.16 Å². The number of nitrogens with one attached hydrogen (secondary N) is 1. The van der Waals surface area contributed by atoms with E-state index >= 15 is 0 Å². The van der Waals surface area contributed by atoms with Gasteiger partial charge in [0.1, 0.15) is 0 Å². The van der Waals surface area contributed by atoms with E-state index in [2.05, 4.69) is 41.0 Å². The predicted molar refractivity (Wildman–Crippen MR) is 64.5 cm³/mol. The monoisotopic (exact) mass is 246 g/mol. The minimum absolute atomic E-state index is 0.229. The average Bonchev–Trinajstić information content (AvgIpc) is 2.16. The number of rotatable bonds is 4. The zero-order valence-corrected chi connectivity index (χ0v) is 10.9. The molecule has 0 fully saturated rings. The molecule has 1 aromatic rings. The van der Waals surface area contributed by atoms with E-state index in [1.165, 1.54) is 0 Å². The topological polar surface area (TPSA) is 50.7 Å². The third-order valence-electron chi connectivity index (χ3n) is 2.04. The number of aromatic nitrogens is 3. The first-order chi connectivity index (χ1) is 7.02. The van der Waals surface area contributed by atoms with E-state index in [1.54, 1.807) is 18.8 Å². The number of hydrogen-bond donors (Lipinski definition) is 1. The summed E-state index contributed by atoms with van der Waals surface area (Å²) in [4.78, 5) is 12.2. The van der Waals surface area contributed by atoms with Crippen molar-refractivity contribution in [2.24, 2.45) is 5.92 Å². The van der Waals surface area contributed by atoms with Gasteiger partial charge in [-0.3, -0.25) is 0 Å². The summed E-state index contributed by atoms with van der Waals surface area (Å²) in [6, 6.07) is 0. The van der Waals surface area contributed by atoms with Crippen LogP contribution in [0, 0.1) is 5.92 Å². The SMILES string of the molecule is CNc1nc(Cl)nc(SC(C)C(C)C)n1. The number of halogens is 1. The molecule has 1 rings (SSSR count). The quantitative estimate of drug-likeness (QED) is 0.828. The van der Waals surface area contributed by atoms with Crippen LogP contribution in [0.1, 0.15) is 20.8 Å². The third-order valence-corrected chi connectivity index (χ3v) is 3.52. The molecule has 0 saturated carbocycles. The molecule has 1 N–H and O–H groups in total. The molecule has 0 saturated heterocycles. The first-order valence-corrected chi connectivity index (χ1v) is 6.04. The van der Waals surface area contributed by atoms with Gasteiger partial charge in [0.25, 0.3) is 0 Å². The van der Waals surface area contributed by atoms with E-state index in [0.717, 1.165) is 0 Å². The molecule has 6 heteroatoms. The smallest absolute Gasteiger partial charge is 0.228 e. The van der Waals surface area contributed by atoms with Gasteiger partial charge in [0, 0.05) is 12.3 Å². The van der Waals surface area contributed by atoms with Gasteiger partial charge in [-0.15, -0.1) is 0 Å². The molecule has 0 radical (unpaired) electrons. The Morgan fingerprint density at radius 2 is 1.87 bits per heavy atom. The van der Waals surface area contributed by atoms with Crippen LogP contribution in [0.2, 0.25) is 5.28 Å². The van der Waals surface area contributed by atoms with Crippen LogP contribution in [-0.2, 0) is 0 Å². The summed E-state index contributed by atoms with van der Waals surface area (Å²) < 4.78 is 0. The highest BCUT2D eigenvalue weighted by Crippen LogP contribution is 2.25. The van der Waals surface area contributed by atoms with Crippen molar-refractivity contribution in [2.45, 2.75) is 31.2 Å². The fourth-order valence-electron chi connectivity index (χ4n) is 0.799. The van der Waals surface area contributed by atoms with Gasteiger partial charge in [-0.25, -0.2) is 0 Å². The molecule has 1 aromatic heterocycles. The summed E-state index contributed by atoms with van der Waals surface area (Å²) in [6.45, 7) is 6.48. The first-order valence-electron chi connectivity index (χ1n) is 4.79. The summed E-state index contributed by atoms with van der Waals surface area (Å²) >= 11 is 7.38. The summed E-state index contributed by atoms with van der Waals surface area (Å²) in [5.41, 5.74) is 0. The fraction of sp³-hybridized carbons (Fsp3) is 0.667. The van der Waals surface area contributed by atoms with Crippen LogP contribution in [0.4, 0.5) is 5.95 Å². The molecule has 0 aliphatic rings. The number of nitrogens with zero attached hydrogens (tertiary/aromatic N) is 3. The fourth-order valence-corrected chi connectivity index (χ4v) is 1.89. The van der Waals surface area contributed by atoms with E-state index in [9.17, 15) is 0 Å². The second-order valence-electron chi connectivity index (χ2n) is 3.53. The predicted octanol–water partition coefficient (Wildman–Crippen LogP) is 2.70. The summed E-state index contributed by atoms with van der Waals surface area (Å²) in [7, 11) is 1.76. The van der Waals surface area contributed by atoms with Crippen LogP contribution in [0.15, 0.2) is 5.16 Å². The van der Waals surface area contributed by atoms with E-state index in [-0.39, 0.29) is 5.28 Å². The Balaban J connectivity index is 2.80. The Morgan fingerprint density at radius 3 is 2.40 bits per heavy atom. The van der Waals surface area contributed by atoms with Crippen molar-refractivity contribution >= 4 is 29.3 Å². The van der Waals surface area contributed by atoms with Gasteiger partial charge < -0.3 is 5.32 Å². The lowest BCUT2D eigenvalue weighted by Crippen LogP contribution is -2.08. The molecule has 84 valence electrons. The number of anilines is 1. The van der Waals surface area contributed by atoms with Crippen LogP contribution in [-0.4, -0.2) is 27.2 Å². The summed E-state index contributed by atoms with van der Waals surface area (Å²) in [6.07, 6.45) is 0. The molecule has 4 nitrogen and oxygen atoms in total. The van der Waals surface area contributed by atoms with Gasteiger partial charge >= 0.3 is 0 Å². The molecule has 0 aliphatic carbocycles. The molecule has 1 heterocycles. The molecule has 0 spiro atoms. The average molecular weight is 247 g/mol. The second-order valence-corrected chi connectivity index (χ2v) is 5.21. The minimum atomic E-state index is 0.229. The molecule has 0 aromatic carbocycles. The Bertz CT molecular complexity index is 332. The van der Waals surface area contributed by atoms with Crippen molar-refractivity contribution in [3.63, 3.8) is 0 Å². The minimum Gasteiger partial charge on any atom is -0.357 e. The molecule has 0 aliphatic heterocycles. The second kappa shape index (κ2) is 5.51. The van der Waals surface area contributed by atoms with Crippen LogP contribution >= 0.6 is 23.4 Å². The largest absolute Gasteiger partial charge is 0.357 e. The Hall–Kier alpha value is -0.550. The van der Waals surface area contributed by atoms with Crippen LogP contribution in [0.5, 0.6) is 0 Å². The summed E-state index contributed by atoms with van der Waals surface area (Å²) in [5, 5.41) is 4.20. The lowest BCUT2D eigenvalue weighted by Gasteiger charge is -2.13. The number of hydrogen-bond acceptors (Lipinski definition) is 5. The number of thioether (sulfide) groups is 1. The molecule has 0 amide bonds. The maximum absolute atomic E-state index is 5.78. The zero-order valence-electron chi connectivity index (χ0n) is 9.28. The highest BCUT2D eigenvalue weighted by Gasteiger charge is 2.12.